The van der Waals surface area contributed by atoms with Crippen LogP contribution in [0.1, 0.15) is 113 Å². The van der Waals surface area contributed by atoms with E-state index in [-0.39, 0.29) is 64.3 Å². The van der Waals surface area contributed by atoms with Gasteiger partial charge in [0.2, 0.25) is 17.7 Å². The normalized spacial score (nSPS) is 31.5. The van der Waals surface area contributed by atoms with E-state index in [1.807, 2.05) is 25.7 Å². The van der Waals surface area contributed by atoms with Crippen molar-refractivity contribution in [1.82, 2.24) is 20.0 Å². The Hall–Kier alpha value is -1.34. The van der Waals surface area contributed by atoms with E-state index in [0.29, 0.717) is 19.0 Å². The Morgan fingerprint density at radius 2 is 1.64 bits per heavy atom. The molecule has 0 radical (unpaired) electrons. The third-order valence-corrected chi connectivity index (χ3v) is 11.0. The number of nitrogens with one attached hydrogen (secondary N) is 1. The molecule has 3 aliphatic rings. The number of amides is 3. The zero-order chi connectivity index (χ0) is 31.2. The van der Waals surface area contributed by atoms with Crippen molar-refractivity contribution in [1.29, 1.82) is 0 Å². The number of nitrogens with zero attached hydrogens (tertiary/aromatic N) is 3. The molecule has 0 bridgehead atoms. The summed E-state index contributed by atoms with van der Waals surface area (Å²) in [5.74, 6) is 0.564. The van der Waals surface area contributed by atoms with Crippen molar-refractivity contribution in [3.05, 3.63) is 0 Å². The predicted octanol–water partition coefficient (Wildman–Crippen LogP) is 5.94. The number of carbonyl (C=O) groups excluding carboxylic acids is 3. The minimum Gasteiger partial charge on any atom is -0.355 e. The first-order valence-electron chi connectivity index (χ1n) is 17.0. The third kappa shape index (κ3) is 8.86. The second-order valence-corrected chi connectivity index (χ2v) is 15.5. The van der Waals surface area contributed by atoms with E-state index in [2.05, 4.69) is 49.9 Å². The van der Waals surface area contributed by atoms with E-state index in [9.17, 15) is 14.4 Å². The van der Waals surface area contributed by atoms with Gasteiger partial charge in [-0.05, 0) is 64.3 Å². The maximum absolute atomic E-state index is 13.6. The fraction of sp³-hybridized carbons (Fsp3) is 0.912. The Labute approximate surface area is 261 Å². The Kier molecular flexibility index (Phi) is 13.0. The van der Waals surface area contributed by atoms with Crippen LogP contribution >= 0.6 is 11.6 Å². The Bertz CT molecular complexity index is 900. The molecule has 3 fully saturated rings. The zero-order valence-corrected chi connectivity index (χ0v) is 28.7. The number of halogens is 1. The molecule has 7 unspecified atom stereocenters. The first-order valence-corrected chi connectivity index (χ1v) is 17.4. The summed E-state index contributed by atoms with van der Waals surface area (Å²) in [6.45, 7) is 17.5. The highest BCUT2D eigenvalue weighted by atomic mass is 35.5. The lowest BCUT2D eigenvalue weighted by Gasteiger charge is -2.47. The first kappa shape index (κ1) is 35.1. The van der Waals surface area contributed by atoms with Gasteiger partial charge in [-0.15, -0.1) is 11.6 Å². The molecule has 1 aliphatic carbocycles. The van der Waals surface area contributed by atoms with Gasteiger partial charge in [0, 0.05) is 61.0 Å². The Balaban J connectivity index is 1.56. The molecule has 8 heteroatoms. The van der Waals surface area contributed by atoms with E-state index < -0.39 is 0 Å². The van der Waals surface area contributed by atoms with Gasteiger partial charge in [-0.25, -0.2) is 0 Å². The fourth-order valence-electron chi connectivity index (χ4n) is 7.79. The van der Waals surface area contributed by atoms with Gasteiger partial charge in [0.05, 0.1) is 5.92 Å². The molecule has 2 saturated heterocycles. The average molecular weight is 609 g/mol. The van der Waals surface area contributed by atoms with Crippen LogP contribution in [0, 0.1) is 29.1 Å². The molecule has 3 rings (SSSR count). The van der Waals surface area contributed by atoms with Crippen LogP contribution in [-0.4, -0.2) is 89.2 Å². The van der Waals surface area contributed by atoms with Crippen molar-refractivity contribution in [3.63, 3.8) is 0 Å². The predicted molar refractivity (Wildman–Crippen MR) is 172 cm³/mol. The molecule has 2 heterocycles. The van der Waals surface area contributed by atoms with Crippen LogP contribution in [0.25, 0.3) is 0 Å². The third-order valence-electron chi connectivity index (χ3n) is 10.6. The Morgan fingerprint density at radius 1 is 1.00 bits per heavy atom. The number of piperidine rings is 2. The van der Waals surface area contributed by atoms with E-state index in [4.69, 9.17) is 11.6 Å². The molecule has 3 amide bonds. The molecule has 2 aliphatic heterocycles. The van der Waals surface area contributed by atoms with Gasteiger partial charge < -0.3 is 15.1 Å². The molecular weight excluding hydrogens is 548 g/mol. The summed E-state index contributed by atoms with van der Waals surface area (Å²) in [5, 5.41) is 3.17. The highest BCUT2D eigenvalue weighted by Gasteiger charge is 2.43. The summed E-state index contributed by atoms with van der Waals surface area (Å²) < 4.78 is 0. The van der Waals surface area contributed by atoms with Crippen LogP contribution < -0.4 is 5.32 Å². The van der Waals surface area contributed by atoms with E-state index in [1.165, 1.54) is 25.7 Å². The molecule has 1 saturated carbocycles. The minimum atomic E-state index is -0.353. The number of alkyl halides is 1. The van der Waals surface area contributed by atoms with Crippen LogP contribution in [0.5, 0.6) is 0 Å². The summed E-state index contributed by atoms with van der Waals surface area (Å²) in [7, 11) is 2.18. The van der Waals surface area contributed by atoms with Gasteiger partial charge in [0.15, 0.2) is 0 Å². The summed E-state index contributed by atoms with van der Waals surface area (Å²) >= 11 is 6.80. The molecule has 1 N–H and O–H groups in total. The average Bonchev–Trinajstić information content (AvgIpc) is 2.93. The van der Waals surface area contributed by atoms with Crippen LogP contribution in [-0.2, 0) is 14.4 Å². The molecule has 7 atom stereocenters. The zero-order valence-electron chi connectivity index (χ0n) is 28.0. The Morgan fingerprint density at radius 3 is 2.26 bits per heavy atom. The monoisotopic (exact) mass is 608 g/mol. The van der Waals surface area contributed by atoms with Crippen molar-refractivity contribution in [3.8, 4) is 0 Å². The topological polar surface area (TPSA) is 73.0 Å². The maximum atomic E-state index is 13.6. The summed E-state index contributed by atoms with van der Waals surface area (Å²) in [4.78, 5) is 46.5. The quantitative estimate of drug-likeness (QED) is 0.233. The van der Waals surface area contributed by atoms with Crippen molar-refractivity contribution in [2.45, 2.75) is 136 Å². The van der Waals surface area contributed by atoms with Crippen LogP contribution in [0.2, 0.25) is 0 Å². The maximum Gasteiger partial charge on any atom is 0.227 e. The fourth-order valence-corrected chi connectivity index (χ4v) is 8.16. The van der Waals surface area contributed by atoms with Gasteiger partial charge in [0.25, 0.3) is 0 Å². The summed E-state index contributed by atoms with van der Waals surface area (Å²) in [6, 6.07) is 0.852. The molecule has 0 aromatic heterocycles. The first-order chi connectivity index (χ1) is 19.8. The number of carbonyl (C=O) groups is 3. The number of unbranched alkanes of at least 4 members (excludes halogenated alkanes) is 4. The largest absolute Gasteiger partial charge is 0.355 e. The summed E-state index contributed by atoms with van der Waals surface area (Å²) in [6.07, 6.45) is 10.4. The lowest BCUT2D eigenvalue weighted by molar-refractivity contribution is -0.145. The molecule has 0 spiro atoms. The molecular formula is C34H61ClN4O3. The van der Waals surface area contributed by atoms with Gasteiger partial charge in [-0.3, -0.25) is 19.3 Å². The number of likely N-dealkylation sites (tertiary alicyclic amines) is 2. The van der Waals surface area contributed by atoms with Gasteiger partial charge in [-0.1, -0.05) is 67.2 Å². The highest BCUT2D eigenvalue weighted by molar-refractivity contribution is 6.20. The minimum absolute atomic E-state index is 0.0431. The van der Waals surface area contributed by atoms with Crippen LogP contribution in [0.3, 0.4) is 0 Å². The van der Waals surface area contributed by atoms with Crippen molar-refractivity contribution in [2.24, 2.45) is 29.1 Å². The molecule has 242 valence electrons. The van der Waals surface area contributed by atoms with Gasteiger partial charge >= 0.3 is 0 Å². The van der Waals surface area contributed by atoms with E-state index >= 15 is 0 Å². The lowest BCUT2D eigenvalue weighted by Crippen LogP contribution is -2.56. The molecule has 0 aromatic rings. The van der Waals surface area contributed by atoms with Gasteiger partial charge in [0.1, 0.15) is 0 Å². The molecule has 42 heavy (non-hydrogen) atoms. The SMILES string of the molecule is CCCCCCCN1C(=O)C(CNC(=O)C2CC(Cl)CC(N(C)C3CCN(C(=O)C(C)(C)C)CC3)C2C)C(C)CC1C. The second kappa shape index (κ2) is 15.6. The smallest absolute Gasteiger partial charge is 0.227 e. The van der Waals surface area contributed by atoms with Crippen LogP contribution in [0.4, 0.5) is 0 Å². The standard InChI is InChI=1S/C34H61ClN4O3/c1-9-10-11-12-13-16-39-24(3)19-23(2)29(32(39)41)22-36-31(40)28-20-26(35)21-30(25(28)4)37(8)27-14-17-38(18-15-27)33(42)34(5,6)7/h23-30H,9-22H2,1-8H3,(H,36,40). The lowest BCUT2D eigenvalue weighted by atomic mass is 9.74. The summed E-state index contributed by atoms with van der Waals surface area (Å²) in [5.41, 5.74) is -0.353. The van der Waals surface area contributed by atoms with Gasteiger partial charge in [-0.2, -0.15) is 0 Å². The van der Waals surface area contributed by atoms with E-state index in [1.54, 1.807) is 0 Å². The molecule has 7 nitrogen and oxygen atoms in total. The van der Waals surface area contributed by atoms with Crippen molar-refractivity contribution < 1.29 is 14.4 Å². The second-order valence-electron chi connectivity index (χ2n) is 14.9. The number of hydrogen-bond donors (Lipinski definition) is 1. The highest BCUT2D eigenvalue weighted by Crippen LogP contribution is 2.38. The van der Waals surface area contributed by atoms with E-state index in [0.717, 1.165) is 51.7 Å². The number of hydrogen-bond acceptors (Lipinski definition) is 4. The number of rotatable bonds is 11. The van der Waals surface area contributed by atoms with Crippen LogP contribution in [0.15, 0.2) is 0 Å². The van der Waals surface area contributed by atoms with Crippen molar-refractivity contribution >= 4 is 29.3 Å². The van der Waals surface area contributed by atoms with Crippen molar-refractivity contribution in [2.75, 3.05) is 33.2 Å². The molecule has 0 aromatic carbocycles.